The highest BCUT2D eigenvalue weighted by molar-refractivity contribution is 6.12. The maximum Gasteiger partial charge on any atom is 0.164 e. The molecule has 0 N–H and O–H groups in total. The average Bonchev–Trinajstić information content (AvgIpc) is 3.94. The van der Waals surface area contributed by atoms with Crippen molar-refractivity contribution in [2.45, 2.75) is 18.9 Å². The largest absolute Gasteiger partial charge is 0.337 e. The molecule has 7 aromatic carbocycles. The molecule has 0 unspecified atom stereocenters. The Hall–Kier alpha value is -6.85. The van der Waals surface area contributed by atoms with Gasteiger partial charge in [-0.3, -0.25) is 0 Å². The summed E-state index contributed by atoms with van der Waals surface area (Å²) in [5.74, 6) is 1.94. The van der Waals surface area contributed by atoms with Gasteiger partial charge >= 0.3 is 0 Å². The summed E-state index contributed by atoms with van der Waals surface area (Å²) in [6.07, 6.45) is 2.52. The molecule has 1 saturated carbocycles. The second kappa shape index (κ2) is 11.9. The van der Waals surface area contributed by atoms with Crippen LogP contribution in [0.15, 0.2) is 170 Å². The summed E-state index contributed by atoms with van der Waals surface area (Å²) in [6.45, 7) is 0. The average molecular weight is 680 g/mol. The monoisotopic (exact) mass is 679 g/mol. The van der Waals surface area contributed by atoms with Gasteiger partial charge in [0.15, 0.2) is 17.5 Å². The van der Waals surface area contributed by atoms with E-state index in [1.807, 2.05) is 60.7 Å². The predicted molar refractivity (Wildman–Crippen MR) is 217 cm³/mol. The zero-order valence-corrected chi connectivity index (χ0v) is 28.9. The minimum atomic E-state index is 0.617. The highest BCUT2D eigenvalue weighted by Crippen LogP contribution is 2.44. The molecule has 1 aliphatic rings. The summed E-state index contributed by atoms with van der Waals surface area (Å²) in [7, 11) is 0. The summed E-state index contributed by atoms with van der Waals surface area (Å²) < 4.78 is 4.92. The van der Waals surface area contributed by atoms with Gasteiger partial charge in [0.2, 0.25) is 0 Å². The third kappa shape index (κ3) is 4.96. The number of aromatic nitrogens is 5. The number of rotatable bonds is 6. The van der Waals surface area contributed by atoms with E-state index in [4.69, 9.17) is 15.0 Å². The zero-order valence-electron chi connectivity index (χ0n) is 28.9. The van der Waals surface area contributed by atoms with Crippen molar-refractivity contribution in [3.63, 3.8) is 0 Å². The van der Waals surface area contributed by atoms with Crippen LogP contribution in [-0.4, -0.2) is 24.1 Å². The van der Waals surface area contributed by atoms with Crippen LogP contribution in [0.3, 0.4) is 0 Å². The maximum absolute atomic E-state index is 5.01. The molecule has 5 nitrogen and oxygen atoms in total. The molecule has 1 aliphatic carbocycles. The molecule has 0 bridgehead atoms. The standard InChI is InChI=1S/C48H33N5/c1-3-12-31(13-4-1)46-49-47(32-14-5-2-6-15-32)51-48(50-46)35-16-11-17-37(28-35)53-43-21-10-8-19-39(43)41-30-34(23-27-45(41)53)33-22-26-44-40(29-33)38-18-7-9-20-42(38)52(44)36-24-25-36/h1-23,26-30,36H,24-25H2. The molecule has 0 aliphatic heterocycles. The molecule has 3 heterocycles. The van der Waals surface area contributed by atoms with E-state index in [2.05, 4.69) is 118 Å². The van der Waals surface area contributed by atoms with Crippen molar-refractivity contribution in [3.8, 4) is 51.0 Å². The van der Waals surface area contributed by atoms with Gasteiger partial charge in [-0.2, -0.15) is 0 Å². The molecule has 10 aromatic rings. The van der Waals surface area contributed by atoms with E-state index in [0.29, 0.717) is 23.5 Å². The van der Waals surface area contributed by atoms with Gasteiger partial charge in [0.25, 0.3) is 0 Å². The van der Waals surface area contributed by atoms with Crippen LogP contribution in [0.2, 0.25) is 0 Å². The molecule has 0 spiro atoms. The van der Waals surface area contributed by atoms with Crippen molar-refractivity contribution < 1.29 is 0 Å². The van der Waals surface area contributed by atoms with E-state index in [1.54, 1.807) is 0 Å². The molecule has 0 radical (unpaired) electrons. The number of para-hydroxylation sites is 2. The maximum atomic E-state index is 5.01. The lowest BCUT2D eigenvalue weighted by Gasteiger charge is -2.12. The molecule has 53 heavy (non-hydrogen) atoms. The lowest BCUT2D eigenvalue weighted by molar-refractivity contribution is 0.805. The Balaban J connectivity index is 1.05. The van der Waals surface area contributed by atoms with E-state index in [1.165, 1.54) is 56.5 Å². The van der Waals surface area contributed by atoms with Crippen molar-refractivity contribution in [2.24, 2.45) is 0 Å². The lowest BCUT2D eigenvalue weighted by Crippen LogP contribution is -2.01. The molecule has 0 atom stereocenters. The minimum Gasteiger partial charge on any atom is -0.337 e. The Kier molecular flexibility index (Phi) is 6.68. The van der Waals surface area contributed by atoms with E-state index in [9.17, 15) is 0 Å². The second-order valence-corrected chi connectivity index (χ2v) is 14.0. The summed E-state index contributed by atoms with van der Waals surface area (Å²) in [6, 6.07) is 60.9. The van der Waals surface area contributed by atoms with Gasteiger partial charge in [-0.25, -0.2) is 15.0 Å². The van der Waals surface area contributed by atoms with Crippen LogP contribution < -0.4 is 0 Å². The summed E-state index contributed by atoms with van der Waals surface area (Å²) in [5.41, 5.74) is 11.3. The lowest BCUT2D eigenvalue weighted by atomic mass is 10.0. The first-order valence-electron chi connectivity index (χ1n) is 18.3. The number of benzene rings is 7. The van der Waals surface area contributed by atoms with Gasteiger partial charge in [0.05, 0.1) is 11.0 Å². The highest BCUT2D eigenvalue weighted by Gasteiger charge is 2.27. The van der Waals surface area contributed by atoms with Crippen LogP contribution in [0.1, 0.15) is 18.9 Å². The fraction of sp³-hybridized carbons (Fsp3) is 0.0625. The number of fused-ring (bicyclic) bond motifs is 6. The van der Waals surface area contributed by atoms with Crippen LogP contribution in [0.4, 0.5) is 0 Å². The molecular weight excluding hydrogens is 647 g/mol. The van der Waals surface area contributed by atoms with E-state index < -0.39 is 0 Å². The van der Waals surface area contributed by atoms with Crippen LogP contribution in [0.5, 0.6) is 0 Å². The number of hydrogen-bond donors (Lipinski definition) is 0. The molecule has 3 aromatic heterocycles. The Bertz CT molecular complexity index is 2950. The summed E-state index contributed by atoms with van der Waals surface area (Å²) in [5, 5.41) is 5.10. The third-order valence-corrected chi connectivity index (χ3v) is 10.7. The molecular formula is C48H33N5. The predicted octanol–water partition coefficient (Wildman–Crippen LogP) is 12.1. The molecule has 0 saturated heterocycles. The Labute approximate surface area is 306 Å². The van der Waals surface area contributed by atoms with Crippen molar-refractivity contribution in [1.29, 1.82) is 0 Å². The van der Waals surface area contributed by atoms with Crippen LogP contribution in [0.25, 0.3) is 94.6 Å². The van der Waals surface area contributed by atoms with Gasteiger partial charge in [0.1, 0.15) is 0 Å². The van der Waals surface area contributed by atoms with Gasteiger partial charge in [-0.15, -0.1) is 0 Å². The second-order valence-electron chi connectivity index (χ2n) is 14.0. The van der Waals surface area contributed by atoms with Gasteiger partial charge in [0, 0.05) is 61.0 Å². The van der Waals surface area contributed by atoms with Crippen LogP contribution >= 0.6 is 0 Å². The topological polar surface area (TPSA) is 48.5 Å². The van der Waals surface area contributed by atoms with Gasteiger partial charge < -0.3 is 9.13 Å². The zero-order chi connectivity index (χ0) is 34.9. The van der Waals surface area contributed by atoms with Crippen molar-refractivity contribution >= 4 is 43.6 Å². The van der Waals surface area contributed by atoms with Gasteiger partial charge in [-0.05, 0) is 72.5 Å². The normalized spacial score (nSPS) is 13.1. The smallest absolute Gasteiger partial charge is 0.164 e. The molecule has 5 heteroatoms. The van der Waals surface area contributed by atoms with Crippen molar-refractivity contribution in [2.75, 3.05) is 0 Å². The Morgan fingerprint density at radius 2 is 0.830 bits per heavy atom. The molecule has 11 rings (SSSR count). The summed E-state index contributed by atoms with van der Waals surface area (Å²) >= 11 is 0. The minimum absolute atomic E-state index is 0.617. The van der Waals surface area contributed by atoms with E-state index in [0.717, 1.165) is 33.4 Å². The molecule has 1 fully saturated rings. The molecule has 250 valence electrons. The Morgan fingerprint density at radius 1 is 0.358 bits per heavy atom. The highest BCUT2D eigenvalue weighted by atomic mass is 15.1. The van der Waals surface area contributed by atoms with Gasteiger partial charge in [-0.1, -0.05) is 121 Å². The quantitative estimate of drug-likeness (QED) is 0.176. The number of hydrogen-bond acceptors (Lipinski definition) is 3. The third-order valence-electron chi connectivity index (χ3n) is 10.7. The van der Waals surface area contributed by atoms with Crippen LogP contribution in [0, 0.1) is 0 Å². The van der Waals surface area contributed by atoms with Crippen LogP contribution in [-0.2, 0) is 0 Å². The fourth-order valence-electron chi connectivity index (χ4n) is 8.06. The Morgan fingerprint density at radius 3 is 1.47 bits per heavy atom. The van der Waals surface area contributed by atoms with Crippen molar-refractivity contribution in [3.05, 3.63) is 170 Å². The number of nitrogens with zero attached hydrogens (tertiary/aromatic N) is 5. The fourth-order valence-corrected chi connectivity index (χ4v) is 8.06. The first kappa shape index (κ1) is 29.8. The first-order chi connectivity index (χ1) is 26.3. The molecule has 0 amide bonds. The first-order valence-corrected chi connectivity index (χ1v) is 18.3. The SMILES string of the molecule is c1ccc(-c2nc(-c3ccccc3)nc(-c3cccc(-n4c5ccccc5c5cc(-c6ccc7c(c6)c6ccccc6n7C6CC6)ccc54)c3)n2)cc1. The van der Waals surface area contributed by atoms with E-state index >= 15 is 0 Å². The van der Waals surface area contributed by atoms with E-state index in [-0.39, 0.29) is 0 Å². The van der Waals surface area contributed by atoms with Crippen molar-refractivity contribution in [1.82, 2.24) is 24.1 Å². The summed E-state index contributed by atoms with van der Waals surface area (Å²) in [4.78, 5) is 14.9.